The quantitative estimate of drug-likeness (QED) is 0.741. The molecule has 0 spiro atoms. The second-order valence-corrected chi connectivity index (χ2v) is 4.17. The molecule has 0 saturated carbocycles. The van der Waals surface area contributed by atoms with Crippen molar-refractivity contribution in [2.45, 2.75) is 13.3 Å². The van der Waals surface area contributed by atoms with Gasteiger partial charge < -0.3 is 10.2 Å². The third-order valence-electron chi connectivity index (χ3n) is 3.06. The molecule has 88 valence electrons. The summed E-state index contributed by atoms with van der Waals surface area (Å²) in [4.78, 5) is 22.3. The van der Waals surface area contributed by atoms with Gasteiger partial charge in [-0.15, -0.1) is 11.6 Å². The first-order valence-electron chi connectivity index (χ1n) is 4.87. The van der Waals surface area contributed by atoms with Crippen molar-refractivity contribution < 1.29 is 19.8 Å². The molecule has 2 unspecified atom stereocenters. The van der Waals surface area contributed by atoms with E-state index in [1.807, 2.05) is 0 Å². The molecule has 1 aliphatic rings. The van der Waals surface area contributed by atoms with Gasteiger partial charge in [-0.25, -0.2) is 4.79 Å². The monoisotopic (exact) mass is 244 g/mol. The lowest BCUT2D eigenvalue weighted by Crippen LogP contribution is -2.39. The Morgan fingerprint density at radius 3 is 2.56 bits per heavy atom. The highest BCUT2D eigenvalue weighted by atomic mass is 35.5. The van der Waals surface area contributed by atoms with Crippen LogP contribution in [-0.4, -0.2) is 28.0 Å². The molecule has 0 amide bonds. The van der Waals surface area contributed by atoms with Gasteiger partial charge >= 0.3 is 11.9 Å². The topological polar surface area (TPSA) is 74.6 Å². The van der Waals surface area contributed by atoms with Crippen molar-refractivity contribution in [1.82, 2.24) is 0 Å². The van der Waals surface area contributed by atoms with Gasteiger partial charge in [-0.2, -0.15) is 0 Å². The summed E-state index contributed by atoms with van der Waals surface area (Å²) in [5.74, 6) is -2.54. The average molecular weight is 245 g/mol. The van der Waals surface area contributed by atoms with Crippen LogP contribution < -0.4 is 0 Å². The highest BCUT2D eigenvalue weighted by Gasteiger charge is 2.45. The minimum atomic E-state index is -1.20. The molecular formula is C11H13ClO4. The molecule has 2 N–H and O–H groups in total. The van der Waals surface area contributed by atoms with Crippen molar-refractivity contribution in [3.05, 3.63) is 23.8 Å². The maximum Gasteiger partial charge on any atom is 0.331 e. The van der Waals surface area contributed by atoms with Crippen LogP contribution in [0.1, 0.15) is 13.3 Å². The van der Waals surface area contributed by atoms with E-state index in [1.165, 1.54) is 18.2 Å². The first-order valence-corrected chi connectivity index (χ1v) is 5.41. The molecule has 0 aromatic rings. The second kappa shape index (κ2) is 4.70. The van der Waals surface area contributed by atoms with E-state index in [-0.39, 0.29) is 17.9 Å². The van der Waals surface area contributed by atoms with Crippen LogP contribution in [0.25, 0.3) is 0 Å². The van der Waals surface area contributed by atoms with Gasteiger partial charge in [-0.1, -0.05) is 25.2 Å². The fourth-order valence-corrected chi connectivity index (χ4v) is 2.28. The lowest BCUT2D eigenvalue weighted by molar-refractivity contribution is -0.148. The molecule has 4 nitrogen and oxygen atoms in total. The van der Waals surface area contributed by atoms with E-state index >= 15 is 0 Å². The number of carboxylic acid groups (broad SMARTS) is 2. The number of allylic oxidation sites excluding steroid dienone is 2. The SMILES string of the molecule is CC1C(C(=O)O)=CC=CC1(CCCl)C(=O)O. The normalized spacial score (nSPS) is 28.6. The van der Waals surface area contributed by atoms with E-state index < -0.39 is 23.3 Å². The molecule has 0 aliphatic heterocycles. The number of hydrogen-bond acceptors (Lipinski definition) is 2. The van der Waals surface area contributed by atoms with Crippen molar-refractivity contribution in [1.29, 1.82) is 0 Å². The summed E-state index contributed by atoms with van der Waals surface area (Å²) in [5.41, 5.74) is -1.10. The third kappa shape index (κ3) is 1.97. The number of carbonyl (C=O) groups is 2. The highest BCUT2D eigenvalue weighted by Crippen LogP contribution is 2.41. The Balaban J connectivity index is 3.15. The molecule has 1 aliphatic carbocycles. The van der Waals surface area contributed by atoms with E-state index in [0.29, 0.717) is 0 Å². The van der Waals surface area contributed by atoms with Crippen molar-refractivity contribution in [2.24, 2.45) is 11.3 Å². The van der Waals surface area contributed by atoms with Gasteiger partial charge in [0, 0.05) is 17.4 Å². The van der Waals surface area contributed by atoms with Crippen LogP contribution in [0.2, 0.25) is 0 Å². The summed E-state index contributed by atoms with van der Waals surface area (Å²) in [6.07, 6.45) is 4.65. The molecule has 0 saturated heterocycles. The lowest BCUT2D eigenvalue weighted by Gasteiger charge is -2.34. The summed E-state index contributed by atoms with van der Waals surface area (Å²) in [7, 11) is 0. The first-order chi connectivity index (χ1) is 7.45. The Morgan fingerprint density at radius 2 is 2.12 bits per heavy atom. The van der Waals surface area contributed by atoms with Gasteiger partial charge in [0.2, 0.25) is 0 Å². The van der Waals surface area contributed by atoms with Crippen LogP contribution in [-0.2, 0) is 9.59 Å². The Bertz CT molecular complexity index is 372. The van der Waals surface area contributed by atoms with Gasteiger partial charge in [0.15, 0.2) is 0 Å². The molecule has 0 heterocycles. The van der Waals surface area contributed by atoms with Crippen LogP contribution in [0.15, 0.2) is 23.8 Å². The Hall–Kier alpha value is -1.29. The Kier molecular flexibility index (Phi) is 3.75. The highest BCUT2D eigenvalue weighted by molar-refractivity contribution is 6.18. The van der Waals surface area contributed by atoms with E-state index in [1.54, 1.807) is 6.92 Å². The van der Waals surface area contributed by atoms with E-state index in [9.17, 15) is 14.7 Å². The predicted octanol–water partition coefficient (Wildman–Crippen LogP) is 1.90. The number of hydrogen-bond donors (Lipinski definition) is 2. The fourth-order valence-electron chi connectivity index (χ4n) is 1.97. The second-order valence-electron chi connectivity index (χ2n) is 3.79. The zero-order chi connectivity index (χ0) is 12.3. The van der Waals surface area contributed by atoms with Gasteiger partial charge in [0.1, 0.15) is 0 Å². The smallest absolute Gasteiger partial charge is 0.331 e. The molecule has 0 bridgehead atoms. The summed E-state index contributed by atoms with van der Waals surface area (Å²) < 4.78 is 0. The molecule has 5 heteroatoms. The van der Waals surface area contributed by atoms with Crippen LogP contribution in [0.4, 0.5) is 0 Å². The summed E-state index contributed by atoms with van der Waals surface area (Å²) in [5, 5.41) is 18.2. The van der Waals surface area contributed by atoms with Gasteiger partial charge in [-0.05, 0) is 6.42 Å². The van der Waals surface area contributed by atoms with Gasteiger partial charge in [-0.3, -0.25) is 4.79 Å². The summed E-state index contributed by atoms with van der Waals surface area (Å²) in [6.45, 7) is 1.60. The van der Waals surface area contributed by atoms with E-state index in [2.05, 4.69) is 0 Å². The van der Waals surface area contributed by atoms with Crippen LogP contribution in [0.3, 0.4) is 0 Å². The van der Waals surface area contributed by atoms with Crippen molar-refractivity contribution in [3.8, 4) is 0 Å². The van der Waals surface area contributed by atoms with Crippen molar-refractivity contribution in [2.75, 3.05) is 5.88 Å². The standard InChI is InChI=1S/C11H13ClO4/c1-7-8(9(13)14)3-2-4-11(7,5-6-12)10(15)16/h2-4,7H,5-6H2,1H3,(H,13,14)(H,15,16). The third-order valence-corrected chi connectivity index (χ3v) is 3.25. The van der Waals surface area contributed by atoms with Crippen molar-refractivity contribution >= 4 is 23.5 Å². The molecular weight excluding hydrogens is 232 g/mol. The Morgan fingerprint density at radius 1 is 1.50 bits per heavy atom. The molecule has 0 fully saturated rings. The van der Waals surface area contributed by atoms with Crippen molar-refractivity contribution in [3.63, 3.8) is 0 Å². The molecule has 0 aromatic heterocycles. The van der Waals surface area contributed by atoms with Crippen LogP contribution in [0, 0.1) is 11.3 Å². The zero-order valence-corrected chi connectivity index (χ0v) is 9.57. The van der Waals surface area contributed by atoms with E-state index in [0.717, 1.165) is 0 Å². The lowest BCUT2D eigenvalue weighted by atomic mass is 9.68. The maximum absolute atomic E-state index is 11.3. The van der Waals surface area contributed by atoms with Gasteiger partial charge in [0.05, 0.1) is 5.41 Å². The van der Waals surface area contributed by atoms with Crippen LogP contribution in [0.5, 0.6) is 0 Å². The molecule has 2 atom stereocenters. The fraction of sp³-hybridized carbons (Fsp3) is 0.455. The molecule has 0 aromatic carbocycles. The predicted molar refractivity (Wildman–Crippen MR) is 59.4 cm³/mol. The molecule has 0 radical (unpaired) electrons. The van der Waals surface area contributed by atoms with E-state index in [4.69, 9.17) is 16.7 Å². The zero-order valence-electron chi connectivity index (χ0n) is 8.81. The molecule has 1 rings (SSSR count). The first kappa shape index (κ1) is 12.8. The van der Waals surface area contributed by atoms with Gasteiger partial charge in [0.25, 0.3) is 0 Å². The summed E-state index contributed by atoms with van der Waals surface area (Å²) >= 11 is 5.60. The average Bonchev–Trinajstić information content (AvgIpc) is 2.20. The minimum Gasteiger partial charge on any atom is -0.481 e. The summed E-state index contributed by atoms with van der Waals surface area (Å²) in [6, 6.07) is 0. The van der Waals surface area contributed by atoms with Crippen LogP contribution >= 0.6 is 11.6 Å². The minimum absolute atomic E-state index is 0.106. The largest absolute Gasteiger partial charge is 0.481 e. The number of aliphatic carboxylic acids is 2. The number of carboxylic acids is 2. The number of halogens is 1. The Labute approximate surface area is 98.2 Å². The number of alkyl halides is 1. The number of rotatable bonds is 4. The molecule has 16 heavy (non-hydrogen) atoms. The maximum atomic E-state index is 11.3.